The summed E-state index contributed by atoms with van der Waals surface area (Å²) in [6.07, 6.45) is 0.627. The summed E-state index contributed by atoms with van der Waals surface area (Å²) >= 11 is 0. The third-order valence-corrected chi connectivity index (χ3v) is 6.61. The van der Waals surface area contributed by atoms with Crippen molar-refractivity contribution in [1.29, 1.82) is 0 Å². The van der Waals surface area contributed by atoms with Crippen LogP contribution in [0.25, 0.3) is 0 Å². The van der Waals surface area contributed by atoms with Crippen molar-refractivity contribution >= 4 is 21.6 Å². The molecule has 2 aromatic rings. The van der Waals surface area contributed by atoms with E-state index in [1.54, 1.807) is 24.3 Å². The van der Waals surface area contributed by atoms with Gasteiger partial charge in [-0.3, -0.25) is 4.79 Å². The minimum absolute atomic E-state index is 0.194. The number of halogens is 2. The van der Waals surface area contributed by atoms with E-state index in [0.29, 0.717) is 12.8 Å². The lowest BCUT2D eigenvalue weighted by Gasteiger charge is -2.30. The molecule has 0 aromatic heterocycles. The first-order valence-corrected chi connectivity index (χ1v) is 10.0. The Kier molecular flexibility index (Phi) is 5.57. The maximum absolute atomic E-state index is 13.7. The van der Waals surface area contributed by atoms with Crippen molar-refractivity contribution in [3.8, 4) is 0 Å². The predicted molar refractivity (Wildman–Crippen MR) is 97.6 cm³/mol. The van der Waals surface area contributed by atoms with Crippen molar-refractivity contribution < 1.29 is 22.0 Å². The lowest BCUT2D eigenvalue weighted by atomic mass is 9.97. The van der Waals surface area contributed by atoms with Gasteiger partial charge in [0.15, 0.2) is 11.6 Å². The molecule has 0 aliphatic carbocycles. The highest BCUT2D eigenvalue weighted by Crippen LogP contribution is 2.26. The Bertz CT molecular complexity index is 938. The van der Waals surface area contributed by atoms with Crippen LogP contribution in [0.3, 0.4) is 0 Å². The summed E-state index contributed by atoms with van der Waals surface area (Å²) in [7, 11) is -3.61. The van der Waals surface area contributed by atoms with E-state index < -0.39 is 33.5 Å². The van der Waals surface area contributed by atoms with E-state index in [-0.39, 0.29) is 23.7 Å². The molecule has 0 radical (unpaired) electrons. The van der Waals surface area contributed by atoms with Gasteiger partial charge in [0.1, 0.15) is 0 Å². The molecule has 3 rings (SSSR count). The van der Waals surface area contributed by atoms with Crippen LogP contribution in [0, 0.1) is 24.5 Å². The van der Waals surface area contributed by atoms with Gasteiger partial charge in [-0.2, -0.15) is 4.31 Å². The van der Waals surface area contributed by atoms with Gasteiger partial charge in [0.05, 0.1) is 10.6 Å². The third-order valence-electron chi connectivity index (χ3n) is 4.69. The molecule has 1 amide bonds. The first-order valence-electron chi connectivity index (χ1n) is 8.61. The topological polar surface area (TPSA) is 66.5 Å². The smallest absolute Gasteiger partial charge is 0.243 e. The van der Waals surface area contributed by atoms with Gasteiger partial charge >= 0.3 is 0 Å². The molecule has 5 nitrogen and oxygen atoms in total. The van der Waals surface area contributed by atoms with Crippen molar-refractivity contribution in [2.45, 2.75) is 24.7 Å². The maximum Gasteiger partial charge on any atom is 0.243 e. The lowest BCUT2D eigenvalue weighted by molar-refractivity contribution is -0.120. The number of rotatable bonds is 4. The van der Waals surface area contributed by atoms with E-state index in [1.165, 1.54) is 16.4 Å². The van der Waals surface area contributed by atoms with Gasteiger partial charge in [-0.25, -0.2) is 17.2 Å². The van der Waals surface area contributed by atoms with E-state index in [2.05, 4.69) is 5.32 Å². The number of benzene rings is 2. The standard InChI is InChI=1S/C19H20F2N2O3S/c1-13-5-7-15(8-6-13)27(25,26)23-11-9-14(10-12-23)19(24)22-17-4-2-3-16(20)18(17)21/h2-8,14H,9-12H2,1H3,(H,22,24). The molecular weight excluding hydrogens is 374 g/mol. The monoisotopic (exact) mass is 394 g/mol. The van der Waals surface area contributed by atoms with Crippen LogP contribution in [0.5, 0.6) is 0 Å². The molecule has 144 valence electrons. The van der Waals surface area contributed by atoms with Gasteiger partial charge in [0.25, 0.3) is 0 Å². The number of piperidine rings is 1. The van der Waals surface area contributed by atoms with Gasteiger partial charge in [-0.05, 0) is 44.0 Å². The zero-order valence-electron chi connectivity index (χ0n) is 14.8. The number of aryl methyl sites for hydroxylation is 1. The summed E-state index contributed by atoms with van der Waals surface area (Å²) < 4.78 is 53.6. The molecule has 1 fully saturated rings. The lowest BCUT2D eigenvalue weighted by Crippen LogP contribution is -2.41. The maximum atomic E-state index is 13.7. The van der Waals surface area contributed by atoms with Crippen molar-refractivity contribution in [1.82, 2.24) is 4.31 Å². The van der Waals surface area contributed by atoms with E-state index in [0.717, 1.165) is 11.6 Å². The molecule has 27 heavy (non-hydrogen) atoms. The molecule has 1 saturated heterocycles. The molecule has 8 heteroatoms. The Labute approximate surface area is 157 Å². The quantitative estimate of drug-likeness (QED) is 0.865. The zero-order chi connectivity index (χ0) is 19.6. The average molecular weight is 394 g/mol. The number of nitrogens with zero attached hydrogens (tertiary/aromatic N) is 1. The highest BCUT2D eigenvalue weighted by molar-refractivity contribution is 7.89. The summed E-state index contributed by atoms with van der Waals surface area (Å²) in [6.45, 7) is 2.27. The first kappa shape index (κ1) is 19.4. The second-order valence-electron chi connectivity index (χ2n) is 6.58. The average Bonchev–Trinajstić information content (AvgIpc) is 2.66. The number of carbonyl (C=O) groups excluding carboxylic acids is 1. The third kappa shape index (κ3) is 4.17. The second-order valence-corrected chi connectivity index (χ2v) is 8.52. The minimum Gasteiger partial charge on any atom is -0.323 e. The van der Waals surface area contributed by atoms with Crippen LogP contribution in [-0.4, -0.2) is 31.7 Å². The molecule has 2 aromatic carbocycles. The molecule has 0 unspecified atom stereocenters. The normalized spacial score (nSPS) is 16.3. The number of carbonyl (C=O) groups is 1. The van der Waals surface area contributed by atoms with Crippen molar-refractivity contribution in [2.24, 2.45) is 5.92 Å². The Morgan fingerprint density at radius 2 is 1.70 bits per heavy atom. The van der Waals surface area contributed by atoms with Crippen LogP contribution in [0.1, 0.15) is 18.4 Å². The van der Waals surface area contributed by atoms with E-state index in [4.69, 9.17) is 0 Å². The summed E-state index contributed by atoms with van der Waals surface area (Å²) in [4.78, 5) is 12.5. The molecular formula is C19H20F2N2O3S. The number of anilines is 1. The SMILES string of the molecule is Cc1ccc(S(=O)(=O)N2CCC(C(=O)Nc3cccc(F)c3F)CC2)cc1. The van der Waals surface area contributed by atoms with Gasteiger partial charge in [-0.1, -0.05) is 23.8 Å². The number of hydrogen-bond acceptors (Lipinski definition) is 3. The fourth-order valence-corrected chi connectivity index (χ4v) is 4.52. The van der Waals surface area contributed by atoms with Gasteiger partial charge < -0.3 is 5.32 Å². The van der Waals surface area contributed by atoms with Crippen molar-refractivity contribution in [3.05, 3.63) is 59.7 Å². The number of nitrogens with one attached hydrogen (secondary N) is 1. The highest BCUT2D eigenvalue weighted by atomic mass is 32.2. The highest BCUT2D eigenvalue weighted by Gasteiger charge is 2.32. The summed E-state index contributed by atoms with van der Waals surface area (Å²) in [5.74, 6) is -3.04. The Morgan fingerprint density at radius 1 is 1.07 bits per heavy atom. The van der Waals surface area contributed by atoms with Gasteiger partial charge in [0, 0.05) is 19.0 Å². The van der Waals surface area contributed by atoms with E-state index in [9.17, 15) is 22.0 Å². The largest absolute Gasteiger partial charge is 0.323 e. The molecule has 1 heterocycles. The Balaban J connectivity index is 1.63. The molecule has 0 spiro atoms. The Hall–Kier alpha value is -2.32. The first-order chi connectivity index (χ1) is 12.8. The number of amides is 1. The summed E-state index contributed by atoms with van der Waals surface area (Å²) in [5, 5.41) is 2.39. The molecule has 1 aliphatic rings. The van der Waals surface area contributed by atoms with E-state index in [1.807, 2.05) is 6.92 Å². The molecule has 1 aliphatic heterocycles. The van der Waals surface area contributed by atoms with E-state index >= 15 is 0 Å². The molecule has 1 N–H and O–H groups in total. The van der Waals surface area contributed by atoms with Crippen LogP contribution in [0.4, 0.5) is 14.5 Å². The zero-order valence-corrected chi connectivity index (χ0v) is 15.6. The van der Waals surface area contributed by atoms with Gasteiger partial charge in [-0.15, -0.1) is 0 Å². The predicted octanol–water partition coefficient (Wildman–Crippen LogP) is 3.31. The number of hydrogen-bond donors (Lipinski definition) is 1. The summed E-state index contributed by atoms with van der Waals surface area (Å²) in [5.41, 5.74) is 0.753. The molecule has 0 bridgehead atoms. The van der Waals surface area contributed by atoms with Crippen LogP contribution in [-0.2, 0) is 14.8 Å². The van der Waals surface area contributed by atoms with Crippen molar-refractivity contribution in [3.63, 3.8) is 0 Å². The fourth-order valence-electron chi connectivity index (χ4n) is 3.05. The number of sulfonamides is 1. The second kappa shape index (κ2) is 7.74. The van der Waals surface area contributed by atoms with Crippen LogP contribution in [0.15, 0.2) is 47.4 Å². The summed E-state index contributed by atoms with van der Waals surface area (Å²) in [6, 6.07) is 10.2. The van der Waals surface area contributed by atoms with Gasteiger partial charge in [0.2, 0.25) is 15.9 Å². The van der Waals surface area contributed by atoms with Crippen LogP contribution < -0.4 is 5.32 Å². The molecule has 0 saturated carbocycles. The van der Waals surface area contributed by atoms with Crippen molar-refractivity contribution in [2.75, 3.05) is 18.4 Å². The van der Waals surface area contributed by atoms with Crippen LogP contribution >= 0.6 is 0 Å². The Morgan fingerprint density at radius 3 is 2.33 bits per heavy atom. The minimum atomic E-state index is -3.61. The molecule has 0 atom stereocenters. The van der Waals surface area contributed by atoms with Crippen LogP contribution in [0.2, 0.25) is 0 Å². The fraction of sp³-hybridized carbons (Fsp3) is 0.316.